The maximum absolute atomic E-state index is 4.60. The topological polar surface area (TPSA) is 41.6 Å². The largest absolute Gasteiger partial charge is 0.266 e. The first kappa shape index (κ1) is 16.5. The van der Waals surface area contributed by atoms with Gasteiger partial charge >= 0.3 is 0 Å². The maximum atomic E-state index is 4.60. The van der Waals surface area contributed by atoms with Crippen LogP contribution in [-0.4, -0.2) is 15.2 Å². The highest BCUT2D eigenvalue weighted by molar-refractivity contribution is 9.10. The fourth-order valence-electron chi connectivity index (χ4n) is 4.21. The number of H-pyrrole nitrogens is 1. The molecule has 2 aliphatic carbocycles. The molecule has 1 atom stereocenters. The van der Waals surface area contributed by atoms with Crippen LogP contribution in [0, 0.1) is 0 Å². The van der Waals surface area contributed by atoms with Gasteiger partial charge < -0.3 is 0 Å². The van der Waals surface area contributed by atoms with Crippen LogP contribution < -0.4 is 0 Å². The third kappa shape index (κ3) is 2.55. The van der Waals surface area contributed by atoms with Crippen LogP contribution in [0.3, 0.4) is 0 Å². The number of nitrogens with zero attached hydrogens (tertiary/aromatic N) is 2. The van der Waals surface area contributed by atoms with Gasteiger partial charge in [-0.05, 0) is 52.8 Å². The highest BCUT2D eigenvalue weighted by Crippen LogP contribution is 2.46. The SMILES string of the molecule is Brc1ccc(C2(c3nc[nH]n3)C=CC3=C(CCC=C3)c3ccccc32)cc1. The van der Waals surface area contributed by atoms with E-state index in [1.54, 1.807) is 6.33 Å². The van der Waals surface area contributed by atoms with Gasteiger partial charge in [0.05, 0.1) is 0 Å². The Balaban J connectivity index is 1.87. The monoisotopic (exact) mass is 415 g/mol. The molecule has 1 aromatic heterocycles. The molecule has 0 saturated heterocycles. The first-order chi connectivity index (χ1) is 13.3. The lowest BCUT2D eigenvalue weighted by atomic mass is 9.71. The Morgan fingerprint density at radius 2 is 1.85 bits per heavy atom. The number of halogens is 1. The van der Waals surface area contributed by atoms with Crippen LogP contribution in [0.2, 0.25) is 0 Å². The van der Waals surface area contributed by atoms with Gasteiger partial charge in [0.15, 0.2) is 5.82 Å². The van der Waals surface area contributed by atoms with Gasteiger partial charge in [0.2, 0.25) is 0 Å². The molecular weight excluding hydrogens is 398 g/mol. The number of aromatic nitrogens is 3. The second kappa shape index (κ2) is 6.46. The maximum Gasteiger partial charge on any atom is 0.169 e. The van der Waals surface area contributed by atoms with Gasteiger partial charge in [-0.25, -0.2) is 4.98 Å². The molecule has 27 heavy (non-hydrogen) atoms. The van der Waals surface area contributed by atoms with E-state index in [2.05, 4.69) is 104 Å². The summed E-state index contributed by atoms with van der Waals surface area (Å²) in [5, 5.41) is 7.45. The molecule has 1 N–H and O–H groups in total. The van der Waals surface area contributed by atoms with E-state index >= 15 is 0 Å². The molecule has 1 unspecified atom stereocenters. The molecule has 0 fully saturated rings. The summed E-state index contributed by atoms with van der Waals surface area (Å²) in [4.78, 5) is 4.60. The summed E-state index contributed by atoms with van der Waals surface area (Å²) in [7, 11) is 0. The fraction of sp³-hybridized carbons (Fsp3) is 0.130. The minimum absolute atomic E-state index is 0.539. The Morgan fingerprint density at radius 3 is 2.67 bits per heavy atom. The number of hydrogen-bond donors (Lipinski definition) is 1. The summed E-state index contributed by atoms with van der Waals surface area (Å²) in [5.41, 5.74) is 5.81. The number of hydrogen-bond acceptors (Lipinski definition) is 2. The van der Waals surface area contributed by atoms with Gasteiger partial charge in [0.1, 0.15) is 11.7 Å². The van der Waals surface area contributed by atoms with Crippen LogP contribution in [0.25, 0.3) is 5.57 Å². The smallest absolute Gasteiger partial charge is 0.169 e. The summed E-state index contributed by atoms with van der Waals surface area (Å²) in [5.74, 6) is 0.761. The third-order valence-corrected chi connectivity index (χ3v) is 5.99. The molecule has 0 bridgehead atoms. The van der Waals surface area contributed by atoms with Gasteiger partial charge in [-0.2, -0.15) is 5.10 Å². The van der Waals surface area contributed by atoms with Crippen LogP contribution in [0.15, 0.2) is 89.2 Å². The Hall–Kier alpha value is -2.72. The van der Waals surface area contributed by atoms with Crippen molar-refractivity contribution in [2.75, 3.05) is 0 Å². The molecule has 2 aliphatic rings. The van der Waals surface area contributed by atoms with Crippen LogP contribution in [0.1, 0.15) is 35.4 Å². The van der Waals surface area contributed by atoms with Gasteiger partial charge in [0, 0.05) is 4.47 Å². The highest BCUT2D eigenvalue weighted by Gasteiger charge is 2.40. The number of benzene rings is 2. The molecular formula is C23H18BrN3. The summed E-state index contributed by atoms with van der Waals surface area (Å²) < 4.78 is 1.06. The molecule has 4 heteroatoms. The molecule has 132 valence electrons. The molecule has 0 radical (unpaired) electrons. The first-order valence-corrected chi connectivity index (χ1v) is 9.89. The van der Waals surface area contributed by atoms with Crippen LogP contribution >= 0.6 is 15.9 Å². The zero-order valence-corrected chi connectivity index (χ0v) is 16.3. The minimum atomic E-state index is -0.539. The number of allylic oxidation sites excluding steroid dienone is 6. The number of rotatable bonds is 2. The Labute approximate surface area is 166 Å². The van der Waals surface area contributed by atoms with Crippen LogP contribution in [-0.2, 0) is 5.41 Å². The summed E-state index contributed by atoms with van der Waals surface area (Å²) in [6.45, 7) is 0. The van der Waals surface area contributed by atoms with E-state index in [1.165, 1.54) is 22.3 Å². The van der Waals surface area contributed by atoms with Gasteiger partial charge in [-0.15, -0.1) is 0 Å². The Morgan fingerprint density at radius 1 is 1.00 bits per heavy atom. The summed E-state index contributed by atoms with van der Waals surface area (Å²) in [6.07, 6.45) is 12.8. The average Bonchev–Trinajstić information content (AvgIpc) is 3.21. The van der Waals surface area contributed by atoms with E-state index in [9.17, 15) is 0 Å². The Kier molecular flexibility index (Phi) is 3.94. The highest BCUT2D eigenvalue weighted by atomic mass is 79.9. The van der Waals surface area contributed by atoms with Crippen molar-refractivity contribution in [2.45, 2.75) is 18.3 Å². The van der Waals surface area contributed by atoms with Crippen molar-refractivity contribution in [3.05, 3.63) is 112 Å². The van der Waals surface area contributed by atoms with E-state index in [4.69, 9.17) is 0 Å². The van der Waals surface area contributed by atoms with Gasteiger partial charge in [0.25, 0.3) is 0 Å². The number of aromatic amines is 1. The zero-order chi connectivity index (χ0) is 18.3. The lowest BCUT2D eigenvalue weighted by Gasteiger charge is -2.31. The normalized spacial score (nSPS) is 20.9. The first-order valence-electron chi connectivity index (χ1n) is 9.10. The van der Waals surface area contributed by atoms with Crippen LogP contribution in [0.4, 0.5) is 0 Å². The van der Waals surface area contributed by atoms with Gasteiger partial charge in [-0.1, -0.05) is 76.6 Å². The second-order valence-corrected chi connectivity index (χ2v) is 7.81. The second-order valence-electron chi connectivity index (χ2n) is 6.89. The van der Waals surface area contributed by atoms with Crippen molar-refractivity contribution >= 4 is 21.5 Å². The summed E-state index contributed by atoms with van der Waals surface area (Å²) in [6, 6.07) is 17.2. The fourth-order valence-corrected chi connectivity index (χ4v) is 4.48. The predicted octanol–water partition coefficient (Wildman–Crippen LogP) is 5.58. The van der Waals surface area contributed by atoms with Crippen molar-refractivity contribution in [3.8, 4) is 0 Å². The lowest BCUT2D eigenvalue weighted by molar-refractivity contribution is 0.709. The molecule has 5 rings (SSSR count). The molecule has 2 aromatic carbocycles. The summed E-state index contributed by atoms with van der Waals surface area (Å²) >= 11 is 3.56. The lowest BCUT2D eigenvalue weighted by Crippen LogP contribution is -2.29. The van der Waals surface area contributed by atoms with Crippen molar-refractivity contribution in [1.29, 1.82) is 0 Å². The molecule has 3 aromatic rings. The predicted molar refractivity (Wildman–Crippen MR) is 111 cm³/mol. The van der Waals surface area contributed by atoms with E-state index in [1.807, 2.05) is 0 Å². The van der Waals surface area contributed by atoms with Crippen molar-refractivity contribution < 1.29 is 0 Å². The molecule has 0 amide bonds. The van der Waals surface area contributed by atoms with Crippen molar-refractivity contribution in [1.82, 2.24) is 15.2 Å². The number of nitrogens with one attached hydrogen (secondary N) is 1. The average molecular weight is 416 g/mol. The van der Waals surface area contributed by atoms with Crippen LogP contribution in [0.5, 0.6) is 0 Å². The van der Waals surface area contributed by atoms with Crippen molar-refractivity contribution in [2.24, 2.45) is 0 Å². The standard InChI is InChI=1S/C23H18BrN3/c24-18-11-9-17(10-12-18)23(22-25-15-26-27-22)14-13-16-5-1-2-6-19(16)20-7-3-4-8-21(20)23/h1,3-5,7-15H,2,6H2,(H,25,26,27). The molecule has 0 spiro atoms. The van der Waals surface area contributed by atoms with E-state index in [-0.39, 0.29) is 0 Å². The Bertz CT molecular complexity index is 1080. The number of fused-ring (bicyclic) bond motifs is 2. The van der Waals surface area contributed by atoms with E-state index in [0.29, 0.717) is 0 Å². The van der Waals surface area contributed by atoms with Gasteiger partial charge in [-0.3, -0.25) is 5.10 Å². The third-order valence-electron chi connectivity index (χ3n) is 5.46. The molecule has 1 heterocycles. The zero-order valence-electron chi connectivity index (χ0n) is 14.7. The molecule has 0 saturated carbocycles. The van der Waals surface area contributed by atoms with Crippen molar-refractivity contribution in [3.63, 3.8) is 0 Å². The van der Waals surface area contributed by atoms with E-state index < -0.39 is 5.41 Å². The minimum Gasteiger partial charge on any atom is -0.266 e. The molecule has 3 nitrogen and oxygen atoms in total. The molecule has 0 aliphatic heterocycles. The quantitative estimate of drug-likeness (QED) is 0.593. The van der Waals surface area contributed by atoms with E-state index in [0.717, 1.165) is 28.7 Å².